The Labute approximate surface area is 164 Å². The van der Waals surface area contributed by atoms with Crippen molar-refractivity contribution in [2.45, 2.75) is 38.3 Å². The van der Waals surface area contributed by atoms with E-state index in [2.05, 4.69) is 59.9 Å². The second kappa shape index (κ2) is 7.74. The zero-order valence-electron chi connectivity index (χ0n) is 16.0. The van der Waals surface area contributed by atoms with Gasteiger partial charge < -0.3 is 15.5 Å². The van der Waals surface area contributed by atoms with E-state index < -0.39 is 12.1 Å². The molecule has 0 unspecified atom stereocenters. The highest BCUT2D eigenvalue weighted by molar-refractivity contribution is 6.23. The van der Waals surface area contributed by atoms with Crippen LogP contribution in [0.4, 0.5) is 0 Å². The lowest BCUT2D eigenvalue weighted by Crippen LogP contribution is -2.44. The minimum absolute atomic E-state index is 0.142. The van der Waals surface area contributed by atoms with Gasteiger partial charge in [0.1, 0.15) is 0 Å². The second-order valence-electron chi connectivity index (χ2n) is 7.53. The van der Waals surface area contributed by atoms with Crippen LogP contribution in [0.25, 0.3) is 32.3 Å². The van der Waals surface area contributed by atoms with Crippen molar-refractivity contribution < 1.29 is 15.0 Å². The quantitative estimate of drug-likeness (QED) is 0.431. The van der Waals surface area contributed by atoms with Crippen molar-refractivity contribution in [3.63, 3.8) is 0 Å². The van der Waals surface area contributed by atoms with Gasteiger partial charge in [-0.2, -0.15) is 0 Å². The fourth-order valence-corrected chi connectivity index (χ4v) is 4.08. The topological polar surface area (TPSA) is 69.6 Å². The van der Waals surface area contributed by atoms with E-state index in [0.29, 0.717) is 12.8 Å². The zero-order chi connectivity index (χ0) is 19.7. The van der Waals surface area contributed by atoms with Crippen LogP contribution >= 0.6 is 0 Å². The van der Waals surface area contributed by atoms with Crippen molar-refractivity contribution >= 4 is 38.2 Å². The largest absolute Gasteiger partial charge is 0.394 e. The molecule has 4 aromatic carbocycles. The highest BCUT2D eigenvalue weighted by atomic mass is 16.3. The van der Waals surface area contributed by atoms with Gasteiger partial charge in [0, 0.05) is 6.42 Å². The maximum atomic E-state index is 12.1. The molecular weight excluding hydrogens is 350 g/mol. The number of benzene rings is 4. The van der Waals surface area contributed by atoms with E-state index in [-0.39, 0.29) is 12.5 Å². The monoisotopic (exact) mass is 375 g/mol. The third kappa shape index (κ3) is 3.41. The van der Waals surface area contributed by atoms with Gasteiger partial charge in [0.2, 0.25) is 5.91 Å². The minimum Gasteiger partial charge on any atom is -0.394 e. The number of aliphatic hydroxyl groups is 2. The predicted molar refractivity (Wildman–Crippen MR) is 114 cm³/mol. The number of nitrogens with one attached hydrogen (secondary N) is 1. The van der Waals surface area contributed by atoms with Gasteiger partial charge in [0.05, 0.1) is 18.8 Å². The van der Waals surface area contributed by atoms with Crippen molar-refractivity contribution in [1.29, 1.82) is 0 Å². The highest BCUT2D eigenvalue weighted by Gasteiger charge is 2.16. The molecule has 0 saturated carbocycles. The molecule has 0 aliphatic heterocycles. The number of amides is 1. The molecule has 0 bridgehead atoms. The van der Waals surface area contributed by atoms with Gasteiger partial charge in [-0.15, -0.1) is 0 Å². The molecule has 0 aromatic heterocycles. The SMILES string of the molecule is C[C@H](O)[C@@H](CO)NC(=O)CCCc1cc2cccc3ccc4cccc1c4c32. The maximum absolute atomic E-state index is 12.1. The van der Waals surface area contributed by atoms with Gasteiger partial charge in [0.25, 0.3) is 0 Å². The Balaban J connectivity index is 1.58. The number of carbonyl (C=O) groups excluding carboxylic acids is 1. The Bertz CT molecular complexity index is 1120. The third-order valence-electron chi connectivity index (χ3n) is 5.57. The molecule has 144 valence electrons. The molecule has 4 rings (SSSR count). The Morgan fingerprint density at radius 2 is 1.68 bits per heavy atom. The van der Waals surface area contributed by atoms with Gasteiger partial charge in [-0.25, -0.2) is 0 Å². The summed E-state index contributed by atoms with van der Waals surface area (Å²) in [6.45, 7) is 1.30. The number of aliphatic hydroxyl groups excluding tert-OH is 2. The summed E-state index contributed by atoms with van der Waals surface area (Å²) in [5.74, 6) is -0.142. The van der Waals surface area contributed by atoms with E-state index in [1.165, 1.54) is 37.9 Å². The lowest BCUT2D eigenvalue weighted by molar-refractivity contribution is -0.123. The summed E-state index contributed by atoms with van der Waals surface area (Å²) in [6, 6.07) is 18.8. The summed E-state index contributed by atoms with van der Waals surface area (Å²) < 4.78 is 0. The summed E-state index contributed by atoms with van der Waals surface area (Å²) >= 11 is 0. The third-order valence-corrected chi connectivity index (χ3v) is 5.57. The van der Waals surface area contributed by atoms with Gasteiger partial charge in [0.15, 0.2) is 0 Å². The smallest absolute Gasteiger partial charge is 0.220 e. The molecule has 0 spiro atoms. The molecule has 4 heteroatoms. The van der Waals surface area contributed by atoms with E-state index >= 15 is 0 Å². The molecule has 0 heterocycles. The average molecular weight is 375 g/mol. The van der Waals surface area contributed by atoms with Crippen LogP contribution in [-0.2, 0) is 11.2 Å². The van der Waals surface area contributed by atoms with Crippen LogP contribution in [0.1, 0.15) is 25.3 Å². The van der Waals surface area contributed by atoms with E-state index in [4.69, 9.17) is 0 Å². The molecule has 1 amide bonds. The molecule has 3 N–H and O–H groups in total. The molecule has 0 aliphatic carbocycles. The van der Waals surface area contributed by atoms with Gasteiger partial charge >= 0.3 is 0 Å². The van der Waals surface area contributed by atoms with Crippen LogP contribution in [0, 0.1) is 0 Å². The van der Waals surface area contributed by atoms with Gasteiger partial charge in [-0.05, 0) is 57.6 Å². The van der Waals surface area contributed by atoms with Gasteiger partial charge in [-0.1, -0.05) is 54.6 Å². The van der Waals surface area contributed by atoms with Crippen LogP contribution in [0.15, 0.2) is 54.6 Å². The number of carbonyl (C=O) groups is 1. The molecule has 2 atom stereocenters. The first-order chi connectivity index (χ1) is 13.6. The van der Waals surface area contributed by atoms with Crippen LogP contribution in [0.3, 0.4) is 0 Å². The number of rotatable bonds is 7. The van der Waals surface area contributed by atoms with Crippen LogP contribution < -0.4 is 5.32 Å². The van der Waals surface area contributed by atoms with Crippen LogP contribution in [0.5, 0.6) is 0 Å². The lowest BCUT2D eigenvalue weighted by atomic mass is 9.90. The van der Waals surface area contributed by atoms with E-state index in [0.717, 1.165) is 6.42 Å². The first-order valence-electron chi connectivity index (χ1n) is 9.82. The minimum atomic E-state index is -0.774. The predicted octanol–water partition coefficient (Wildman–Crippen LogP) is 3.76. The molecule has 0 saturated heterocycles. The Morgan fingerprint density at radius 1 is 1.00 bits per heavy atom. The summed E-state index contributed by atoms with van der Waals surface area (Å²) in [7, 11) is 0. The number of hydrogen-bond acceptors (Lipinski definition) is 3. The van der Waals surface area contributed by atoms with Gasteiger partial charge in [-0.3, -0.25) is 4.79 Å². The van der Waals surface area contributed by atoms with E-state index in [9.17, 15) is 15.0 Å². The molecule has 4 nitrogen and oxygen atoms in total. The summed E-state index contributed by atoms with van der Waals surface area (Å²) in [6.07, 6.45) is 1.10. The number of aryl methyl sites for hydroxylation is 1. The standard InChI is InChI=1S/C24H25NO3/c1-15(27)21(14-26)25-22(28)10-4-7-18-13-19-8-2-5-16-11-12-17-6-3-9-20(18)24(17)23(16)19/h2-3,5-6,8-9,11-13,15,21,26-27H,4,7,10,14H2,1H3,(H,25,28)/t15-,21+/m0/s1. The fraction of sp³-hybridized carbons (Fsp3) is 0.292. The Kier molecular flexibility index (Phi) is 5.16. The second-order valence-corrected chi connectivity index (χ2v) is 7.53. The normalized spacial score (nSPS) is 14.0. The molecule has 4 aromatic rings. The molecule has 0 radical (unpaired) electrons. The first kappa shape index (κ1) is 18.7. The lowest BCUT2D eigenvalue weighted by Gasteiger charge is -2.19. The van der Waals surface area contributed by atoms with E-state index in [1.807, 2.05) is 0 Å². The fourth-order valence-electron chi connectivity index (χ4n) is 4.08. The van der Waals surface area contributed by atoms with Crippen molar-refractivity contribution in [2.75, 3.05) is 6.61 Å². The van der Waals surface area contributed by atoms with Crippen molar-refractivity contribution in [2.24, 2.45) is 0 Å². The van der Waals surface area contributed by atoms with Crippen molar-refractivity contribution in [3.05, 3.63) is 60.2 Å². The Morgan fingerprint density at radius 3 is 2.39 bits per heavy atom. The zero-order valence-corrected chi connectivity index (χ0v) is 16.0. The summed E-state index contributed by atoms with van der Waals surface area (Å²) in [4.78, 5) is 12.1. The molecular formula is C24H25NO3. The highest BCUT2D eigenvalue weighted by Crippen LogP contribution is 2.36. The van der Waals surface area contributed by atoms with Crippen LogP contribution in [-0.4, -0.2) is 34.9 Å². The maximum Gasteiger partial charge on any atom is 0.220 e. The summed E-state index contributed by atoms with van der Waals surface area (Å²) in [5.41, 5.74) is 1.25. The van der Waals surface area contributed by atoms with Crippen molar-refractivity contribution in [3.8, 4) is 0 Å². The summed E-state index contributed by atoms with van der Waals surface area (Å²) in [5, 5.41) is 29.1. The molecule has 28 heavy (non-hydrogen) atoms. The average Bonchev–Trinajstić information content (AvgIpc) is 2.70. The van der Waals surface area contributed by atoms with E-state index in [1.54, 1.807) is 6.92 Å². The molecule has 0 aliphatic rings. The molecule has 0 fully saturated rings. The Hall–Kier alpha value is -2.69. The van der Waals surface area contributed by atoms with Crippen LogP contribution in [0.2, 0.25) is 0 Å². The van der Waals surface area contributed by atoms with Crippen molar-refractivity contribution in [1.82, 2.24) is 5.32 Å². The first-order valence-corrected chi connectivity index (χ1v) is 9.82. The number of hydrogen-bond donors (Lipinski definition) is 3.